The molecule has 0 heterocycles. The predicted molar refractivity (Wildman–Crippen MR) is 123 cm³/mol. The highest BCUT2D eigenvalue weighted by molar-refractivity contribution is 7.89. The lowest BCUT2D eigenvalue weighted by Crippen LogP contribution is -2.43. The fourth-order valence-corrected chi connectivity index (χ4v) is 3.99. The van der Waals surface area contributed by atoms with Crippen LogP contribution in [0.5, 0.6) is 5.75 Å². The van der Waals surface area contributed by atoms with Crippen molar-refractivity contribution in [1.29, 1.82) is 0 Å². The third kappa shape index (κ3) is 6.75. The molecule has 12 heteroatoms. The van der Waals surface area contributed by atoms with E-state index in [1.165, 1.54) is 30.1 Å². The number of aliphatic imine (C=N–C) groups is 1. The van der Waals surface area contributed by atoms with Gasteiger partial charge in [-0.1, -0.05) is 24.3 Å². The van der Waals surface area contributed by atoms with Gasteiger partial charge in [0.15, 0.2) is 5.96 Å². The zero-order valence-corrected chi connectivity index (χ0v) is 19.3. The zero-order valence-electron chi connectivity index (χ0n) is 18.5. The van der Waals surface area contributed by atoms with Gasteiger partial charge in [0.1, 0.15) is 11.4 Å². The van der Waals surface area contributed by atoms with Crippen LogP contribution in [0, 0.1) is 0 Å². The average Bonchev–Trinajstić information content (AvgIpc) is 2.78. The summed E-state index contributed by atoms with van der Waals surface area (Å²) in [4.78, 5) is 30.3. The fraction of sp³-hybridized carbons (Fsp3) is 0.286. The van der Waals surface area contributed by atoms with Crippen molar-refractivity contribution in [2.75, 3.05) is 25.6 Å². The van der Waals surface area contributed by atoms with Gasteiger partial charge in [-0.25, -0.2) is 13.2 Å². The summed E-state index contributed by atoms with van der Waals surface area (Å²) >= 11 is 0. The first kappa shape index (κ1) is 25.8. The largest absolute Gasteiger partial charge is 0.492 e. The first-order chi connectivity index (χ1) is 15.6. The van der Waals surface area contributed by atoms with Gasteiger partial charge < -0.3 is 25.8 Å². The van der Waals surface area contributed by atoms with Crippen molar-refractivity contribution in [3.8, 4) is 5.75 Å². The first-order valence-electron chi connectivity index (χ1n) is 9.90. The van der Waals surface area contributed by atoms with E-state index in [-0.39, 0.29) is 22.1 Å². The number of esters is 2. The van der Waals surface area contributed by atoms with Crippen molar-refractivity contribution < 1.29 is 27.5 Å². The zero-order chi connectivity index (χ0) is 24.6. The molecule has 0 bridgehead atoms. The molecule has 0 aliphatic rings. The molecule has 5 N–H and O–H groups in total. The second-order valence-electron chi connectivity index (χ2n) is 6.73. The summed E-state index contributed by atoms with van der Waals surface area (Å²) in [6.45, 7) is 2.09. The van der Waals surface area contributed by atoms with Crippen molar-refractivity contribution in [2.45, 2.75) is 24.4 Å². The van der Waals surface area contributed by atoms with E-state index >= 15 is 0 Å². The summed E-state index contributed by atoms with van der Waals surface area (Å²) in [5.74, 6) is -1.57. The van der Waals surface area contributed by atoms with Crippen LogP contribution in [-0.4, -0.2) is 53.2 Å². The number of ether oxygens (including phenoxy) is 2. The molecule has 2 aromatic carbocycles. The van der Waals surface area contributed by atoms with E-state index in [1.807, 2.05) is 0 Å². The van der Waals surface area contributed by atoms with E-state index in [9.17, 15) is 18.0 Å². The summed E-state index contributed by atoms with van der Waals surface area (Å²) in [7, 11) is -0.889. The number of anilines is 1. The second-order valence-corrected chi connectivity index (χ2v) is 8.45. The van der Waals surface area contributed by atoms with Crippen molar-refractivity contribution >= 4 is 33.6 Å². The minimum absolute atomic E-state index is 0.00170. The quantitative estimate of drug-likeness (QED) is 0.156. The normalized spacial score (nSPS) is 12.7. The molecule has 0 amide bonds. The maximum atomic E-state index is 12.8. The van der Waals surface area contributed by atoms with E-state index in [0.29, 0.717) is 12.4 Å². The maximum absolute atomic E-state index is 12.8. The Morgan fingerprint density at radius 3 is 2.42 bits per heavy atom. The average molecular weight is 478 g/mol. The van der Waals surface area contributed by atoms with Gasteiger partial charge in [-0.15, -0.1) is 0 Å². The Balaban J connectivity index is 2.16. The van der Waals surface area contributed by atoms with Crippen LogP contribution in [0.25, 0.3) is 0 Å². The van der Waals surface area contributed by atoms with Gasteiger partial charge in [-0.3, -0.25) is 9.79 Å². The predicted octanol–water partition coefficient (Wildman–Crippen LogP) is 0.803. The molecule has 0 radical (unpaired) electrons. The number of benzene rings is 2. The number of guanidine groups is 1. The fourth-order valence-electron chi connectivity index (χ4n) is 2.86. The molecule has 0 saturated heterocycles. The van der Waals surface area contributed by atoms with Crippen LogP contribution in [0.4, 0.5) is 5.69 Å². The number of para-hydroxylation sites is 1. The molecule has 11 nitrogen and oxygen atoms in total. The van der Waals surface area contributed by atoms with Gasteiger partial charge in [0.05, 0.1) is 29.7 Å². The minimum Gasteiger partial charge on any atom is -0.492 e. The van der Waals surface area contributed by atoms with Gasteiger partial charge in [-0.05, 0) is 31.2 Å². The van der Waals surface area contributed by atoms with E-state index < -0.39 is 34.5 Å². The maximum Gasteiger partial charge on any atom is 0.348 e. The Labute approximate surface area is 192 Å². The summed E-state index contributed by atoms with van der Waals surface area (Å²) < 4.78 is 37.3. The van der Waals surface area contributed by atoms with Crippen molar-refractivity contribution in [2.24, 2.45) is 16.5 Å². The molecule has 0 saturated carbocycles. The van der Waals surface area contributed by atoms with Gasteiger partial charge in [0, 0.05) is 14.1 Å². The molecule has 0 aromatic heterocycles. The lowest BCUT2D eigenvalue weighted by Gasteiger charge is -2.23. The van der Waals surface area contributed by atoms with E-state index in [1.54, 1.807) is 44.3 Å². The number of rotatable bonds is 9. The van der Waals surface area contributed by atoms with Crippen molar-refractivity contribution in [3.63, 3.8) is 0 Å². The monoisotopic (exact) mass is 477 g/mol. The second kappa shape index (κ2) is 11.4. The van der Waals surface area contributed by atoms with Crippen LogP contribution in [0.3, 0.4) is 0 Å². The van der Waals surface area contributed by atoms with Crippen molar-refractivity contribution in [3.05, 3.63) is 54.1 Å². The number of carbonyl (C=O) groups excluding carboxylic acids is 2. The minimum atomic E-state index is -3.95. The number of sulfonamides is 1. The highest BCUT2D eigenvalue weighted by Gasteiger charge is 2.25. The smallest absolute Gasteiger partial charge is 0.348 e. The van der Waals surface area contributed by atoms with E-state index in [0.717, 1.165) is 0 Å². The van der Waals surface area contributed by atoms with Gasteiger partial charge in [0.2, 0.25) is 10.0 Å². The molecule has 0 aliphatic carbocycles. The number of nitrogens with two attached hydrogens (primary N) is 2. The SMILES string of the molecule is CCOc1cccc(C(=O)OC(=O)C[C@@H](N)NS(=O)(=O)c2ccccc2)c1N(C)C(N)=NC. The summed E-state index contributed by atoms with van der Waals surface area (Å²) in [6.07, 6.45) is -1.89. The van der Waals surface area contributed by atoms with Gasteiger partial charge in [0.25, 0.3) is 0 Å². The standard InChI is InChI=1S/C21H27N5O6S/c1-4-31-16-12-8-11-15(19(16)26(3)21(23)24-2)20(28)32-18(27)13-17(22)25-33(29,30)14-9-6-5-7-10-14/h5-12,17,25H,4,13,22H2,1-3H3,(H2,23,24)/t17-/m0/s1. The third-order valence-electron chi connectivity index (χ3n) is 4.38. The van der Waals surface area contributed by atoms with E-state index in [2.05, 4.69) is 9.71 Å². The lowest BCUT2D eigenvalue weighted by atomic mass is 10.1. The molecule has 0 spiro atoms. The summed E-state index contributed by atoms with van der Waals surface area (Å²) in [6, 6.07) is 12.1. The Morgan fingerprint density at radius 1 is 1.15 bits per heavy atom. The molecular weight excluding hydrogens is 450 g/mol. The third-order valence-corrected chi connectivity index (χ3v) is 5.89. The van der Waals surface area contributed by atoms with Crippen LogP contribution in [-0.2, 0) is 19.6 Å². The molecule has 178 valence electrons. The molecule has 1 atom stereocenters. The van der Waals surface area contributed by atoms with Gasteiger partial charge >= 0.3 is 11.9 Å². The number of hydrogen-bond acceptors (Lipinski definition) is 8. The Bertz CT molecular complexity index is 1120. The van der Waals surface area contributed by atoms with Crippen LogP contribution in [0.2, 0.25) is 0 Å². The molecule has 2 aromatic rings. The molecule has 33 heavy (non-hydrogen) atoms. The summed E-state index contributed by atoms with van der Waals surface area (Å²) in [5, 5.41) is 0. The lowest BCUT2D eigenvalue weighted by molar-refractivity contribution is -0.138. The van der Waals surface area contributed by atoms with Gasteiger partial charge in [-0.2, -0.15) is 4.72 Å². The van der Waals surface area contributed by atoms with Crippen LogP contribution in [0.1, 0.15) is 23.7 Å². The first-order valence-corrected chi connectivity index (χ1v) is 11.4. The highest BCUT2D eigenvalue weighted by atomic mass is 32.2. The molecule has 0 unspecified atom stereocenters. The Morgan fingerprint density at radius 2 is 1.82 bits per heavy atom. The van der Waals surface area contributed by atoms with Crippen LogP contribution in [0.15, 0.2) is 58.4 Å². The van der Waals surface area contributed by atoms with Crippen molar-refractivity contribution in [1.82, 2.24) is 4.72 Å². The molecule has 0 aliphatic heterocycles. The van der Waals surface area contributed by atoms with Crippen LogP contribution < -0.4 is 25.8 Å². The molecular formula is C21H27N5O6S. The topological polar surface area (TPSA) is 166 Å². The number of nitrogens with one attached hydrogen (secondary N) is 1. The molecule has 0 fully saturated rings. The highest BCUT2D eigenvalue weighted by Crippen LogP contribution is 2.32. The Kier molecular flexibility index (Phi) is 8.91. The number of hydrogen-bond donors (Lipinski definition) is 3. The van der Waals surface area contributed by atoms with E-state index in [4.69, 9.17) is 20.9 Å². The van der Waals surface area contributed by atoms with Crippen LogP contribution >= 0.6 is 0 Å². The Hall–Kier alpha value is -3.48. The number of carbonyl (C=O) groups is 2. The molecule has 2 rings (SSSR count). The summed E-state index contributed by atoms with van der Waals surface area (Å²) in [5.41, 5.74) is 11.9. The number of nitrogens with zero attached hydrogens (tertiary/aromatic N) is 2.